The van der Waals surface area contributed by atoms with Gasteiger partial charge in [-0.3, -0.25) is 4.79 Å². The molecule has 0 radical (unpaired) electrons. The van der Waals surface area contributed by atoms with E-state index >= 15 is 0 Å². The van der Waals surface area contributed by atoms with Crippen LogP contribution >= 0.6 is 0 Å². The highest BCUT2D eigenvalue weighted by atomic mass is 16.5. The van der Waals surface area contributed by atoms with E-state index in [1.165, 1.54) is 0 Å². The summed E-state index contributed by atoms with van der Waals surface area (Å²) < 4.78 is 5.16. The molecule has 1 rings (SSSR count). The molecule has 1 heterocycles. The van der Waals surface area contributed by atoms with E-state index in [1.807, 2.05) is 0 Å². The molecule has 0 spiro atoms. The van der Waals surface area contributed by atoms with Gasteiger partial charge in [-0.1, -0.05) is 0 Å². The van der Waals surface area contributed by atoms with Crippen LogP contribution in [0.2, 0.25) is 0 Å². The zero-order valence-electron chi connectivity index (χ0n) is 6.49. The molecule has 0 aromatic rings. The molecule has 0 aromatic carbocycles. The number of nitrogens with one attached hydrogen (secondary N) is 1. The van der Waals surface area contributed by atoms with Crippen molar-refractivity contribution in [1.29, 1.82) is 0 Å². The number of carbonyl (C=O) groups is 1. The molecular weight excluding hydrogens is 146 g/mol. The van der Waals surface area contributed by atoms with Crippen molar-refractivity contribution in [3.8, 4) is 0 Å². The molecule has 64 valence electrons. The van der Waals surface area contributed by atoms with Crippen LogP contribution in [0.3, 0.4) is 0 Å². The van der Waals surface area contributed by atoms with Crippen molar-refractivity contribution in [3.63, 3.8) is 0 Å². The number of aliphatic hydroxyl groups excluding tert-OH is 1. The SMILES string of the molecule is CC1OCCC(NC=O)C1O. The molecule has 1 saturated heterocycles. The van der Waals surface area contributed by atoms with Gasteiger partial charge in [0.1, 0.15) is 6.10 Å². The average molecular weight is 159 g/mol. The Labute approximate surface area is 65.5 Å². The molecule has 1 amide bonds. The Kier molecular flexibility index (Phi) is 2.84. The molecule has 0 aromatic heterocycles. The third-order valence-corrected chi connectivity index (χ3v) is 1.98. The van der Waals surface area contributed by atoms with Crippen LogP contribution in [0.15, 0.2) is 0 Å². The maximum absolute atomic E-state index is 10.1. The van der Waals surface area contributed by atoms with Crippen LogP contribution in [-0.4, -0.2) is 36.4 Å². The first-order chi connectivity index (χ1) is 5.25. The number of hydrogen-bond donors (Lipinski definition) is 2. The van der Waals surface area contributed by atoms with Crippen molar-refractivity contribution in [2.45, 2.75) is 31.6 Å². The third-order valence-electron chi connectivity index (χ3n) is 1.98. The molecule has 0 aliphatic carbocycles. The number of rotatable bonds is 2. The van der Waals surface area contributed by atoms with E-state index in [-0.39, 0.29) is 12.1 Å². The second-order valence-corrected chi connectivity index (χ2v) is 2.75. The van der Waals surface area contributed by atoms with Crippen LogP contribution in [0.1, 0.15) is 13.3 Å². The Morgan fingerprint density at radius 2 is 2.45 bits per heavy atom. The lowest BCUT2D eigenvalue weighted by Crippen LogP contribution is -2.50. The molecule has 3 unspecified atom stereocenters. The minimum Gasteiger partial charge on any atom is -0.388 e. The van der Waals surface area contributed by atoms with Gasteiger partial charge >= 0.3 is 0 Å². The van der Waals surface area contributed by atoms with Gasteiger partial charge in [0.25, 0.3) is 0 Å². The normalized spacial score (nSPS) is 38.2. The Morgan fingerprint density at radius 3 is 3.09 bits per heavy atom. The molecule has 0 bridgehead atoms. The predicted octanol–water partition coefficient (Wildman–Crippen LogP) is -0.729. The second kappa shape index (κ2) is 3.69. The molecule has 0 saturated carbocycles. The van der Waals surface area contributed by atoms with Crippen LogP contribution in [0.4, 0.5) is 0 Å². The molecule has 2 N–H and O–H groups in total. The zero-order valence-corrected chi connectivity index (χ0v) is 6.49. The van der Waals surface area contributed by atoms with Gasteiger partial charge in [-0.2, -0.15) is 0 Å². The monoisotopic (exact) mass is 159 g/mol. The van der Waals surface area contributed by atoms with Gasteiger partial charge in [-0.15, -0.1) is 0 Å². The number of hydrogen-bond acceptors (Lipinski definition) is 3. The van der Waals surface area contributed by atoms with Crippen molar-refractivity contribution in [1.82, 2.24) is 5.32 Å². The van der Waals surface area contributed by atoms with Gasteiger partial charge in [0.15, 0.2) is 0 Å². The fourth-order valence-corrected chi connectivity index (χ4v) is 1.25. The lowest BCUT2D eigenvalue weighted by molar-refractivity contribution is -0.116. The predicted molar refractivity (Wildman–Crippen MR) is 39.0 cm³/mol. The summed E-state index contributed by atoms with van der Waals surface area (Å²) in [6, 6.07) is -0.142. The second-order valence-electron chi connectivity index (χ2n) is 2.75. The molecule has 4 heteroatoms. The zero-order chi connectivity index (χ0) is 8.27. The summed E-state index contributed by atoms with van der Waals surface area (Å²) >= 11 is 0. The molecule has 1 aliphatic rings. The number of carbonyl (C=O) groups excluding carboxylic acids is 1. The smallest absolute Gasteiger partial charge is 0.207 e. The van der Waals surface area contributed by atoms with Crippen molar-refractivity contribution in [3.05, 3.63) is 0 Å². The van der Waals surface area contributed by atoms with Gasteiger partial charge in [0, 0.05) is 6.61 Å². The minimum atomic E-state index is -0.575. The van der Waals surface area contributed by atoms with Crippen LogP contribution in [-0.2, 0) is 9.53 Å². The largest absolute Gasteiger partial charge is 0.388 e. The summed E-state index contributed by atoms with van der Waals surface area (Å²) in [4.78, 5) is 10.1. The number of ether oxygens (including phenoxy) is 1. The first-order valence-electron chi connectivity index (χ1n) is 3.75. The van der Waals surface area contributed by atoms with Crippen molar-refractivity contribution in [2.75, 3.05) is 6.61 Å². The van der Waals surface area contributed by atoms with E-state index in [1.54, 1.807) is 6.92 Å². The summed E-state index contributed by atoms with van der Waals surface area (Å²) in [6.45, 7) is 2.40. The fraction of sp³-hybridized carbons (Fsp3) is 0.857. The number of amides is 1. The Bertz CT molecular complexity index is 140. The molecular formula is C7H13NO3. The van der Waals surface area contributed by atoms with Gasteiger partial charge in [0.05, 0.1) is 12.1 Å². The molecule has 1 aliphatic heterocycles. The maximum atomic E-state index is 10.1. The highest BCUT2D eigenvalue weighted by Gasteiger charge is 2.28. The fourth-order valence-electron chi connectivity index (χ4n) is 1.25. The topological polar surface area (TPSA) is 58.6 Å². The molecule has 11 heavy (non-hydrogen) atoms. The van der Waals surface area contributed by atoms with E-state index in [0.29, 0.717) is 19.4 Å². The van der Waals surface area contributed by atoms with Gasteiger partial charge < -0.3 is 15.2 Å². The van der Waals surface area contributed by atoms with Gasteiger partial charge in [-0.05, 0) is 13.3 Å². The van der Waals surface area contributed by atoms with Crippen molar-refractivity contribution in [2.24, 2.45) is 0 Å². The highest BCUT2D eigenvalue weighted by Crippen LogP contribution is 2.13. The molecule has 4 nitrogen and oxygen atoms in total. The Morgan fingerprint density at radius 1 is 1.73 bits per heavy atom. The Hall–Kier alpha value is -0.610. The number of aliphatic hydroxyl groups is 1. The minimum absolute atomic E-state index is 0.142. The first-order valence-corrected chi connectivity index (χ1v) is 3.75. The highest BCUT2D eigenvalue weighted by molar-refractivity contribution is 5.46. The van der Waals surface area contributed by atoms with Crippen molar-refractivity contribution >= 4 is 6.41 Å². The lowest BCUT2D eigenvalue weighted by Gasteiger charge is -2.32. The summed E-state index contributed by atoms with van der Waals surface area (Å²) in [7, 11) is 0. The summed E-state index contributed by atoms with van der Waals surface area (Å²) in [5.41, 5.74) is 0. The standard InChI is InChI=1S/C7H13NO3/c1-5-7(10)6(8-4-9)2-3-11-5/h4-7,10H,2-3H2,1H3,(H,8,9). The van der Waals surface area contributed by atoms with Crippen LogP contribution in [0, 0.1) is 0 Å². The first kappa shape index (κ1) is 8.49. The van der Waals surface area contributed by atoms with E-state index in [9.17, 15) is 9.90 Å². The van der Waals surface area contributed by atoms with E-state index in [0.717, 1.165) is 0 Å². The quantitative estimate of drug-likeness (QED) is 0.522. The third kappa shape index (κ3) is 1.91. The Balaban J connectivity index is 2.43. The summed E-state index contributed by atoms with van der Waals surface area (Å²) in [6.07, 6.45) is 0.547. The molecule has 1 fully saturated rings. The van der Waals surface area contributed by atoms with Crippen LogP contribution in [0.25, 0.3) is 0 Å². The summed E-state index contributed by atoms with van der Waals surface area (Å²) in [5, 5.41) is 12.0. The maximum Gasteiger partial charge on any atom is 0.207 e. The van der Waals surface area contributed by atoms with Crippen LogP contribution < -0.4 is 5.32 Å². The van der Waals surface area contributed by atoms with E-state index in [2.05, 4.69) is 5.32 Å². The van der Waals surface area contributed by atoms with E-state index in [4.69, 9.17) is 4.74 Å². The van der Waals surface area contributed by atoms with Crippen LogP contribution in [0.5, 0.6) is 0 Å². The van der Waals surface area contributed by atoms with E-state index < -0.39 is 6.10 Å². The van der Waals surface area contributed by atoms with Gasteiger partial charge in [-0.25, -0.2) is 0 Å². The summed E-state index contributed by atoms with van der Waals surface area (Å²) in [5.74, 6) is 0. The average Bonchev–Trinajstić information content (AvgIpc) is 1.99. The molecule has 3 atom stereocenters. The lowest BCUT2D eigenvalue weighted by atomic mass is 10.0. The van der Waals surface area contributed by atoms with Crippen molar-refractivity contribution < 1.29 is 14.6 Å². The van der Waals surface area contributed by atoms with Gasteiger partial charge in [0.2, 0.25) is 6.41 Å².